The molecule has 3 heterocycles. The summed E-state index contributed by atoms with van der Waals surface area (Å²) in [6.07, 6.45) is -0.855. The van der Waals surface area contributed by atoms with Gasteiger partial charge in [0.1, 0.15) is 0 Å². The van der Waals surface area contributed by atoms with Crippen molar-refractivity contribution in [3.8, 4) is 5.95 Å². The molecular weight excluding hydrogens is 439 g/mol. The molecule has 1 aliphatic rings. The van der Waals surface area contributed by atoms with Crippen LogP contribution in [-0.4, -0.2) is 61.2 Å². The maximum Gasteiger partial charge on any atom is 0.490 e. The average molecular weight is 467 g/mol. The van der Waals surface area contributed by atoms with E-state index in [0.717, 1.165) is 54.8 Å². The third kappa shape index (κ3) is 5.70. The number of aryl methyl sites for hydroxylation is 1. The molecule has 4 rings (SSSR count). The Hall–Kier alpha value is -2.95. The van der Waals surface area contributed by atoms with Crippen molar-refractivity contribution in [2.45, 2.75) is 64.6 Å². The molecule has 0 saturated carbocycles. The van der Waals surface area contributed by atoms with E-state index in [9.17, 15) is 13.2 Å². The van der Waals surface area contributed by atoms with E-state index in [4.69, 9.17) is 24.5 Å². The first-order chi connectivity index (χ1) is 15.7. The maximum absolute atomic E-state index is 10.6. The third-order valence-electron chi connectivity index (χ3n) is 5.95. The van der Waals surface area contributed by atoms with E-state index in [1.165, 1.54) is 6.42 Å². The first-order valence-corrected chi connectivity index (χ1v) is 11.0. The summed E-state index contributed by atoms with van der Waals surface area (Å²) < 4.78 is 39.2. The van der Waals surface area contributed by atoms with Crippen LogP contribution in [0.5, 0.6) is 0 Å². The lowest BCUT2D eigenvalue weighted by Crippen LogP contribution is -2.39. The fraction of sp³-hybridized carbons (Fsp3) is 0.545. The monoisotopic (exact) mass is 467 g/mol. The lowest BCUT2D eigenvalue weighted by molar-refractivity contribution is -0.192. The van der Waals surface area contributed by atoms with E-state index in [0.29, 0.717) is 17.9 Å². The SMILES string of the molecule is CCc1nn(-c2noc(C3CCN(C(C)CC)CC3)n2)c2ccccc12.O=C(O)C(F)(F)F. The molecule has 0 bridgehead atoms. The van der Waals surface area contributed by atoms with E-state index >= 15 is 0 Å². The predicted octanol–water partition coefficient (Wildman–Crippen LogP) is 4.58. The zero-order valence-electron chi connectivity index (χ0n) is 18.8. The zero-order chi connectivity index (χ0) is 24.2. The molecule has 180 valence electrons. The Morgan fingerprint density at radius 3 is 2.45 bits per heavy atom. The first kappa shape index (κ1) is 24.7. The van der Waals surface area contributed by atoms with Crippen molar-refractivity contribution in [2.24, 2.45) is 0 Å². The Labute approximate surface area is 189 Å². The highest BCUT2D eigenvalue weighted by Crippen LogP contribution is 2.29. The van der Waals surface area contributed by atoms with Gasteiger partial charge in [0, 0.05) is 17.3 Å². The summed E-state index contributed by atoms with van der Waals surface area (Å²) in [5.74, 6) is -1.11. The van der Waals surface area contributed by atoms with Crippen LogP contribution in [0.1, 0.15) is 57.5 Å². The molecule has 1 fully saturated rings. The van der Waals surface area contributed by atoms with Gasteiger partial charge in [-0.3, -0.25) is 0 Å². The lowest BCUT2D eigenvalue weighted by Gasteiger charge is -2.34. The number of hydrogen-bond acceptors (Lipinski definition) is 6. The first-order valence-electron chi connectivity index (χ1n) is 11.0. The molecule has 1 atom stereocenters. The molecule has 3 aromatic rings. The van der Waals surface area contributed by atoms with Gasteiger partial charge in [0.05, 0.1) is 11.2 Å². The van der Waals surface area contributed by atoms with Crippen LogP contribution < -0.4 is 0 Å². The van der Waals surface area contributed by atoms with Gasteiger partial charge in [0.2, 0.25) is 5.89 Å². The number of alkyl halides is 3. The Morgan fingerprint density at radius 1 is 1.24 bits per heavy atom. The third-order valence-corrected chi connectivity index (χ3v) is 5.95. The van der Waals surface area contributed by atoms with Crippen LogP contribution >= 0.6 is 0 Å². The Balaban J connectivity index is 0.000000383. The number of carboxylic acids is 1. The summed E-state index contributed by atoms with van der Waals surface area (Å²) in [5.41, 5.74) is 2.09. The van der Waals surface area contributed by atoms with Crippen LogP contribution in [0.15, 0.2) is 28.8 Å². The quantitative estimate of drug-likeness (QED) is 0.586. The van der Waals surface area contributed by atoms with Gasteiger partial charge in [-0.25, -0.2) is 4.79 Å². The van der Waals surface area contributed by atoms with Crippen LogP contribution in [0.4, 0.5) is 13.2 Å². The average Bonchev–Trinajstić information content (AvgIpc) is 3.43. The van der Waals surface area contributed by atoms with E-state index in [2.05, 4.69) is 43.0 Å². The minimum atomic E-state index is -5.08. The second-order valence-electron chi connectivity index (χ2n) is 8.03. The molecule has 0 aliphatic carbocycles. The van der Waals surface area contributed by atoms with Crippen LogP contribution in [0.2, 0.25) is 0 Å². The van der Waals surface area contributed by atoms with Gasteiger partial charge < -0.3 is 14.5 Å². The number of halogens is 3. The summed E-state index contributed by atoms with van der Waals surface area (Å²) in [6, 6.07) is 8.87. The Bertz CT molecular complexity index is 1070. The van der Waals surface area contributed by atoms with Crippen molar-refractivity contribution in [1.82, 2.24) is 24.8 Å². The van der Waals surface area contributed by atoms with Gasteiger partial charge in [-0.2, -0.15) is 27.9 Å². The number of nitrogens with zero attached hydrogens (tertiary/aromatic N) is 5. The molecule has 33 heavy (non-hydrogen) atoms. The number of benzene rings is 1. The molecule has 1 aromatic carbocycles. The minimum Gasteiger partial charge on any atom is -0.475 e. The minimum absolute atomic E-state index is 0.351. The number of piperidine rings is 1. The molecule has 1 saturated heterocycles. The number of aromatic nitrogens is 4. The second-order valence-corrected chi connectivity index (χ2v) is 8.03. The van der Waals surface area contributed by atoms with Crippen molar-refractivity contribution in [1.29, 1.82) is 0 Å². The van der Waals surface area contributed by atoms with Gasteiger partial charge >= 0.3 is 12.1 Å². The number of rotatable bonds is 5. The van der Waals surface area contributed by atoms with E-state index in [1.54, 1.807) is 0 Å². The number of carboxylic acid groups (broad SMARTS) is 1. The molecule has 1 unspecified atom stereocenters. The van der Waals surface area contributed by atoms with Crippen molar-refractivity contribution in [3.63, 3.8) is 0 Å². The molecule has 0 amide bonds. The number of carbonyl (C=O) groups is 1. The number of hydrogen-bond donors (Lipinski definition) is 1. The number of fused-ring (bicyclic) bond motifs is 1. The van der Waals surface area contributed by atoms with Gasteiger partial charge in [-0.1, -0.05) is 32.0 Å². The summed E-state index contributed by atoms with van der Waals surface area (Å²) in [7, 11) is 0. The standard InChI is InChI=1S/C20H27N5O.C2HF3O2/c1-4-14(3)24-12-10-15(11-13-24)19-21-20(23-26-19)25-18-9-7-6-8-16(18)17(5-2)22-25;3-2(4,5)1(6)7/h6-9,14-15H,4-5,10-13H2,1-3H3;(H,6,7). The Morgan fingerprint density at radius 2 is 1.88 bits per heavy atom. The van der Waals surface area contributed by atoms with Gasteiger partial charge in [0.25, 0.3) is 5.95 Å². The number of aliphatic carboxylic acids is 1. The smallest absolute Gasteiger partial charge is 0.475 e. The van der Waals surface area contributed by atoms with E-state index in [1.807, 2.05) is 16.8 Å². The fourth-order valence-corrected chi connectivity index (χ4v) is 3.87. The van der Waals surface area contributed by atoms with Gasteiger partial charge in [0.15, 0.2) is 0 Å². The molecule has 1 aliphatic heterocycles. The van der Waals surface area contributed by atoms with Crippen LogP contribution in [0.25, 0.3) is 16.9 Å². The molecule has 11 heteroatoms. The van der Waals surface area contributed by atoms with Gasteiger partial charge in [-0.05, 0) is 56.9 Å². The number of likely N-dealkylation sites (tertiary alicyclic amines) is 1. The molecular formula is C22H28F3N5O3. The summed E-state index contributed by atoms with van der Waals surface area (Å²) in [6.45, 7) is 8.87. The van der Waals surface area contributed by atoms with Crippen molar-refractivity contribution in [3.05, 3.63) is 35.9 Å². The lowest BCUT2D eigenvalue weighted by atomic mass is 9.95. The number of para-hydroxylation sites is 1. The highest BCUT2D eigenvalue weighted by atomic mass is 19.4. The van der Waals surface area contributed by atoms with E-state index in [-0.39, 0.29) is 0 Å². The highest BCUT2D eigenvalue weighted by molar-refractivity contribution is 5.83. The van der Waals surface area contributed by atoms with Crippen LogP contribution in [0, 0.1) is 0 Å². The molecule has 0 spiro atoms. The van der Waals surface area contributed by atoms with Crippen molar-refractivity contribution in [2.75, 3.05) is 13.1 Å². The summed E-state index contributed by atoms with van der Waals surface area (Å²) in [5, 5.41) is 17.2. The normalized spacial score (nSPS) is 16.4. The highest BCUT2D eigenvalue weighted by Gasteiger charge is 2.38. The van der Waals surface area contributed by atoms with Crippen LogP contribution in [-0.2, 0) is 11.2 Å². The molecule has 2 aromatic heterocycles. The maximum atomic E-state index is 10.6. The largest absolute Gasteiger partial charge is 0.490 e. The Kier molecular flexibility index (Phi) is 7.72. The van der Waals surface area contributed by atoms with Gasteiger partial charge in [-0.15, -0.1) is 0 Å². The second kappa shape index (κ2) is 10.3. The molecule has 0 radical (unpaired) electrons. The van der Waals surface area contributed by atoms with Crippen molar-refractivity contribution < 1.29 is 27.6 Å². The van der Waals surface area contributed by atoms with Crippen LogP contribution in [0.3, 0.4) is 0 Å². The summed E-state index contributed by atoms with van der Waals surface area (Å²) in [4.78, 5) is 16.1. The fourth-order valence-electron chi connectivity index (χ4n) is 3.87. The predicted molar refractivity (Wildman–Crippen MR) is 115 cm³/mol. The van der Waals surface area contributed by atoms with E-state index < -0.39 is 12.1 Å². The molecule has 1 N–H and O–H groups in total. The molecule has 8 nitrogen and oxygen atoms in total. The van der Waals surface area contributed by atoms with Crippen molar-refractivity contribution >= 4 is 16.9 Å². The summed E-state index contributed by atoms with van der Waals surface area (Å²) >= 11 is 0. The topological polar surface area (TPSA) is 97.3 Å². The zero-order valence-corrected chi connectivity index (χ0v) is 18.8.